The molecule has 0 saturated carbocycles. The zero-order valence-electron chi connectivity index (χ0n) is 11.9. The van der Waals surface area contributed by atoms with E-state index < -0.39 is 5.97 Å². The van der Waals surface area contributed by atoms with Gasteiger partial charge in [-0.3, -0.25) is 9.59 Å². The molecular weight excluding hydrogens is 294 g/mol. The van der Waals surface area contributed by atoms with Crippen LogP contribution in [0.15, 0.2) is 54.6 Å². The van der Waals surface area contributed by atoms with Crippen LogP contribution in [0, 0.1) is 0 Å². The van der Waals surface area contributed by atoms with Crippen LogP contribution in [0.3, 0.4) is 0 Å². The summed E-state index contributed by atoms with van der Waals surface area (Å²) in [6.45, 7) is 0. The third-order valence-electron chi connectivity index (χ3n) is 3.50. The molecule has 112 valence electrons. The maximum atomic E-state index is 12.6. The first-order valence-electron chi connectivity index (χ1n) is 6.83. The molecule has 0 aliphatic heterocycles. The largest absolute Gasteiger partial charge is 0.478 e. The molecule has 1 heterocycles. The first-order chi connectivity index (χ1) is 11.1. The number of ketones is 1. The minimum absolute atomic E-state index is 0.0658. The number of fused-ring (bicyclic) bond motifs is 1. The Morgan fingerprint density at radius 1 is 0.957 bits per heavy atom. The van der Waals surface area contributed by atoms with E-state index in [9.17, 15) is 14.4 Å². The lowest BCUT2D eigenvalue weighted by Gasteiger charge is -2.06. The molecule has 0 radical (unpaired) electrons. The normalized spacial score (nSPS) is 10.4. The standard InChI is InChI=1S/C18H11NO4/c20-10-16-14(9-13-3-1-2-4-15(13)19-16)17(21)11-5-7-12(8-6-11)18(22)23/h1-10H,(H,22,23). The van der Waals surface area contributed by atoms with E-state index in [0.29, 0.717) is 17.4 Å². The molecular formula is C18H11NO4. The Hall–Kier alpha value is -3.34. The number of aromatic carboxylic acids is 1. The molecule has 3 aromatic rings. The van der Waals surface area contributed by atoms with Crippen molar-refractivity contribution in [1.82, 2.24) is 4.98 Å². The number of hydrogen-bond donors (Lipinski definition) is 1. The SMILES string of the molecule is O=Cc1nc2ccccc2cc1C(=O)c1ccc(C(=O)O)cc1. The number of aromatic nitrogens is 1. The van der Waals surface area contributed by atoms with Crippen LogP contribution in [-0.4, -0.2) is 28.1 Å². The highest BCUT2D eigenvalue weighted by atomic mass is 16.4. The Kier molecular flexibility index (Phi) is 3.68. The van der Waals surface area contributed by atoms with Crippen molar-refractivity contribution in [3.63, 3.8) is 0 Å². The highest BCUT2D eigenvalue weighted by Crippen LogP contribution is 2.19. The number of carboxylic acid groups (broad SMARTS) is 1. The number of aldehydes is 1. The van der Waals surface area contributed by atoms with Gasteiger partial charge in [0.25, 0.3) is 0 Å². The zero-order valence-corrected chi connectivity index (χ0v) is 11.9. The molecule has 5 heteroatoms. The van der Waals surface area contributed by atoms with Crippen LogP contribution in [0.25, 0.3) is 10.9 Å². The van der Waals surface area contributed by atoms with E-state index in [1.165, 1.54) is 24.3 Å². The highest BCUT2D eigenvalue weighted by molar-refractivity contribution is 6.14. The smallest absolute Gasteiger partial charge is 0.335 e. The van der Waals surface area contributed by atoms with Gasteiger partial charge in [0, 0.05) is 10.9 Å². The fourth-order valence-electron chi connectivity index (χ4n) is 2.32. The van der Waals surface area contributed by atoms with Crippen molar-refractivity contribution in [1.29, 1.82) is 0 Å². The molecule has 3 rings (SSSR count). The van der Waals surface area contributed by atoms with Gasteiger partial charge in [-0.1, -0.05) is 30.3 Å². The van der Waals surface area contributed by atoms with E-state index >= 15 is 0 Å². The average molecular weight is 305 g/mol. The van der Waals surface area contributed by atoms with E-state index in [4.69, 9.17) is 5.11 Å². The molecule has 0 bridgehead atoms. The maximum Gasteiger partial charge on any atom is 0.335 e. The molecule has 1 aromatic heterocycles. The van der Waals surface area contributed by atoms with Crippen molar-refractivity contribution in [2.75, 3.05) is 0 Å². The fourth-order valence-corrected chi connectivity index (χ4v) is 2.32. The van der Waals surface area contributed by atoms with E-state index in [2.05, 4.69) is 4.98 Å². The van der Waals surface area contributed by atoms with Crippen LogP contribution < -0.4 is 0 Å². The predicted octanol–water partition coefficient (Wildman–Crippen LogP) is 2.98. The van der Waals surface area contributed by atoms with Gasteiger partial charge in [0.05, 0.1) is 16.6 Å². The Morgan fingerprint density at radius 3 is 2.26 bits per heavy atom. The number of pyridine rings is 1. The summed E-state index contributed by atoms with van der Waals surface area (Å²) >= 11 is 0. The molecule has 0 atom stereocenters. The van der Waals surface area contributed by atoms with Crippen molar-refractivity contribution in [3.8, 4) is 0 Å². The van der Waals surface area contributed by atoms with Crippen LogP contribution in [0.1, 0.15) is 36.8 Å². The fraction of sp³-hybridized carbons (Fsp3) is 0. The Morgan fingerprint density at radius 2 is 1.61 bits per heavy atom. The number of nitrogens with zero attached hydrogens (tertiary/aromatic N) is 1. The van der Waals surface area contributed by atoms with Gasteiger partial charge in [-0.25, -0.2) is 9.78 Å². The zero-order chi connectivity index (χ0) is 16.4. The van der Waals surface area contributed by atoms with Gasteiger partial charge in [-0.05, 0) is 24.3 Å². The number of hydrogen-bond acceptors (Lipinski definition) is 4. The molecule has 0 unspecified atom stereocenters. The first-order valence-corrected chi connectivity index (χ1v) is 6.83. The van der Waals surface area contributed by atoms with Gasteiger partial charge in [0.1, 0.15) is 5.69 Å². The molecule has 0 aliphatic rings. The maximum absolute atomic E-state index is 12.6. The number of benzene rings is 2. The van der Waals surface area contributed by atoms with Gasteiger partial charge in [-0.2, -0.15) is 0 Å². The molecule has 0 spiro atoms. The summed E-state index contributed by atoms with van der Waals surface area (Å²) in [6.07, 6.45) is 0.547. The molecule has 23 heavy (non-hydrogen) atoms. The summed E-state index contributed by atoms with van der Waals surface area (Å²) in [5.74, 6) is -1.44. The summed E-state index contributed by atoms with van der Waals surface area (Å²) in [7, 11) is 0. The number of para-hydroxylation sites is 1. The minimum atomic E-state index is -1.06. The van der Waals surface area contributed by atoms with Gasteiger partial charge < -0.3 is 5.11 Å². The van der Waals surface area contributed by atoms with Crippen molar-refractivity contribution in [2.45, 2.75) is 0 Å². The third-order valence-corrected chi connectivity index (χ3v) is 3.50. The first kappa shape index (κ1) is 14.6. The van der Waals surface area contributed by atoms with Crippen LogP contribution in [0.4, 0.5) is 0 Å². The van der Waals surface area contributed by atoms with Crippen LogP contribution in [0.5, 0.6) is 0 Å². The molecule has 0 amide bonds. The van der Waals surface area contributed by atoms with Gasteiger partial charge in [-0.15, -0.1) is 0 Å². The molecule has 1 N–H and O–H groups in total. The third kappa shape index (κ3) is 2.72. The second-order valence-electron chi connectivity index (χ2n) is 4.94. The topological polar surface area (TPSA) is 84.3 Å². The van der Waals surface area contributed by atoms with Crippen LogP contribution >= 0.6 is 0 Å². The lowest BCUT2D eigenvalue weighted by Crippen LogP contribution is -2.08. The lowest BCUT2D eigenvalue weighted by molar-refractivity contribution is 0.0696. The van der Waals surface area contributed by atoms with Crippen molar-refractivity contribution in [2.24, 2.45) is 0 Å². The van der Waals surface area contributed by atoms with Crippen LogP contribution in [-0.2, 0) is 0 Å². The van der Waals surface area contributed by atoms with Gasteiger partial charge in [0.2, 0.25) is 0 Å². The van der Waals surface area contributed by atoms with Crippen molar-refractivity contribution in [3.05, 3.63) is 77.0 Å². The average Bonchev–Trinajstić information content (AvgIpc) is 2.60. The summed E-state index contributed by atoms with van der Waals surface area (Å²) in [5, 5.41) is 9.64. The molecule has 0 aliphatic carbocycles. The molecule has 0 fully saturated rings. The Balaban J connectivity index is 2.09. The van der Waals surface area contributed by atoms with E-state index in [-0.39, 0.29) is 22.6 Å². The second kappa shape index (κ2) is 5.81. The number of rotatable bonds is 4. The lowest BCUT2D eigenvalue weighted by atomic mass is 9.99. The summed E-state index contributed by atoms with van der Waals surface area (Å²) in [5.41, 5.74) is 1.29. The molecule has 0 saturated heterocycles. The quantitative estimate of drug-likeness (QED) is 0.591. The van der Waals surface area contributed by atoms with Crippen LogP contribution in [0.2, 0.25) is 0 Å². The summed E-state index contributed by atoms with van der Waals surface area (Å²) in [4.78, 5) is 38.9. The van der Waals surface area contributed by atoms with Crippen molar-refractivity contribution >= 4 is 28.9 Å². The summed E-state index contributed by atoms with van der Waals surface area (Å²) in [6, 6.07) is 14.4. The summed E-state index contributed by atoms with van der Waals surface area (Å²) < 4.78 is 0. The number of carbonyl (C=O) groups is 3. The van der Waals surface area contributed by atoms with E-state index in [0.717, 1.165) is 5.39 Å². The van der Waals surface area contributed by atoms with E-state index in [1.807, 2.05) is 6.07 Å². The minimum Gasteiger partial charge on any atom is -0.478 e. The monoisotopic (exact) mass is 305 g/mol. The predicted molar refractivity (Wildman–Crippen MR) is 84.0 cm³/mol. The molecule has 5 nitrogen and oxygen atoms in total. The Labute approximate surface area is 131 Å². The Bertz CT molecular complexity index is 929. The second-order valence-corrected chi connectivity index (χ2v) is 4.94. The number of carboxylic acids is 1. The highest BCUT2D eigenvalue weighted by Gasteiger charge is 2.16. The number of carbonyl (C=O) groups excluding carboxylic acids is 2. The molecule has 2 aromatic carbocycles. The van der Waals surface area contributed by atoms with Gasteiger partial charge >= 0.3 is 5.97 Å². The van der Waals surface area contributed by atoms with E-state index in [1.54, 1.807) is 24.3 Å². The van der Waals surface area contributed by atoms with Crippen molar-refractivity contribution < 1.29 is 19.5 Å². The van der Waals surface area contributed by atoms with Gasteiger partial charge in [0.15, 0.2) is 12.1 Å².